The maximum absolute atomic E-state index is 12.4. The normalized spacial score (nSPS) is 44.5. The number of carbonyl (C=O) groups excluding carboxylic acids is 1. The molecule has 2 saturated heterocycles. The van der Waals surface area contributed by atoms with Crippen molar-refractivity contribution < 1.29 is 19.0 Å². The molecule has 116 valence electrons. The fourth-order valence-corrected chi connectivity index (χ4v) is 3.71. The van der Waals surface area contributed by atoms with Crippen LogP contribution in [0.5, 0.6) is 0 Å². The molecule has 4 nitrogen and oxygen atoms in total. The average molecular weight is 292 g/mol. The van der Waals surface area contributed by atoms with Crippen molar-refractivity contribution in [3.63, 3.8) is 0 Å². The van der Waals surface area contributed by atoms with E-state index in [9.17, 15) is 4.79 Å². The third-order valence-corrected chi connectivity index (χ3v) is 5.00. The summed E-state index contributed by atoms with van der Waals surface area (Å²) in [5.41, 5.74) is 1.30. The Hall–Kier alpha value is -0.970. The molecule has 0 unspecified atom stereocenters. The minimum absolute atomic E-state index is 0.0568. The maximum Gasteiger partial charge on any atom is 0.187 e. The summed E-state index contributed by atoms with van der Waals surface area (Å²) in [5, 5.41) is 0. The summed E-state index contributed by atoms with van der Waals surface area (Å²) in [4.78, 5) is 12.4. The van der Waals surface area contributed by atoms with E-state index in [1.165, 1.54) is 5.57 Å². The van der Waals surface area contributed by atoms with Gasteiger partial charge in [-0.15, -0.1) is 0 Å². The molecular weight excluding hydrogens is 268 g/mol. The first kappa shape index (κ1) is 14.9. The van der Waals surface area contributed by atoms with Crippen LogP contribution < -0.4 is 0 Å². The van der Waals surface area contributed by atoms with Gasteiger partial charge < -0.3 is 14.2 Å². The molecule has 4 heteroatoms. The van der Waals surface area contributed by atoms with Crippen LogP contribution >= 0.6 is 0 Å². The van der Waals surface area contributed by atoms with Gasteiger partial charge in [0, 0.05) is 7.11 Å². The Kier molecular flexibility index (Phi) is 3.39. The molecule has 1 spiro atoms. The van der Waals surface area contributed by atoms with Crippen LogP contribution in [0, 0.1) is 5.92 Å². The third kappa shape index (κ3) is 2.30. The Morgan fingerprint density at radius 3 is 2.71 bits per heavy atom. The van der Waals surface area contributed by atoms with Crippen LogP contribution in [0.3, 0.4) is 0 Å². The predicted octanol–water partition coefficient (Wildman–Crippen LogP) is 2.43. The van der Waals surface area contributed by atoms with E-state index in [2.05, 4.69) is 26.8 Å². The molecule has 3 rings (SSSR count). The molecule has 5 atom stereocenters. The van der Waals surface area contributed by atoms with Gasteiger partial charge in [0.2, 0.25) is 0 Å². The Labute approximate surface area is 126 Å². The number of epoxide rings is 2. The van der Waals surface area contributed by atoms with Gasteiger partial charge in [-0.05, 0) is 45.8 Å². The molecule has 0 aromatic heterocycles. The van der Waals surface area contributed by atoms with Gasteiger partial charge in [-0.1, -0.05) is 11.6 Å². The zero-order chi connectivity index (χ0) is 15.4. The van der Waals surface area contributed by atoms with E-state index in [1.807, 2.05) is 13.0 Å². The smallest absolute Gasteiger partial charge is 0.187 e. The van der Waals surface area contributed by atoms with Crippen molar-refractivity contribution in [1.82, 2.24) is 0 Å². The van der Waals surface area contributed by atoms with Crippen LogP contribution in [0.1, 0.15) is 34.1 Å². The second-order valence-corrected chi connectivity index (χ2v) is 6.88. The first-order valence-electron chi connectivity index (χ1n) is 7.55. The Balaban J connectivity index is 1.87. The molecule has 0 N–H and O–H groups in total. The molecule has 0 saturated carbocycles. The largest absolute Gasteiger partial charge is 0.373 e. The number of hydrogen-bond acceptors (Lipinski definition) is 4. The van der Waals surface area contributed by atoms with Gasteiger partial charge in [0.15, 0.2) is 5.78 Å². The summed E-state index contributed by atoms with van der Waals surface area (Å²) in [6.07, 6.45) is 4.69. The van der Waals surface area contributed by atoms with Crippen molar-refractivity contribution in [2.75, 3.05) is 13.7 Å². The van der Waals surface area contributed by atoms with Gasteiger partial charge in [-0.2, -0.15) is 0 Å². The van der Waals surface area contributed by atoms with Crippen LogP contribution in [0.2, 0.25) is 0 Å². The fraction of sp³-hybridized carbons (Fsp3) is 0.706. The van der Waals surface area contributed by atoms with Crippen LogP contribution in [0.15, 0.2) is 23.3 Å². The van der Waals surface area contributed by atoms with E-state index in [4.69, 9.17) is 14.2 Å². The zero-order valence-electron chi connectivity index (χ0n) is 13.4. The Morgan fingerprint density at radius 2 is 2.19 bits per heavy atom. The predicted molar refractivity (Wildman–Crippen MR) is 79.1 cm³/mol. The number of hydrogen-bond donors (Lipinski definition) is 0. The van der Waals surface area contributed by atoms with Crippen LogP contribution in [0.4, 0.5) is 0 Å². The van der Waals surface area contributed by atoms with Crippen molar-refractivity contribution in [2.45, 2.75) is 57.5 Å². The first-order valence-corrected chi connectivity index (χ1v) is 7.55. The summed E-state index contributed by atoms with van der Waals surface area (Å²) in [5.74, 6) is -0.0110. The molecular formula is C17H24O4. The van der Waals surface area contributed by atoms with E-state index in [-0.39, 0.29) is 29.0 Å². The molecule has 3 aliphatic rings. The van der Waals surface area contributed by atoms with E-state index in [0.29, 0.717) is 6.61 Å². The number of rotatable bonds is 4. The van der Waals surface area contributed by atoms with Gasteiger partial charge in [-0.25, -0.2) is 0 Å². The summed E-state index contributed by atoms with van der Waals surface area (Å²) >= 11 is 0. The second kappa shape index (κ2) is 4.77. The van der Waals surface area contributed by atoms with Gasteiger partial charge in [0.05, 0.1) is 18.6 Å². The first-order chi connectivity index (χ1) is 9.84. The highest BCUT2D eigenvalue weighted by molar-refractivity contribution is 6.00. The van der Waals surface area contributed by atoms with E-state index >= 15 is 0 Å². The van der Waals surface area contributed by atoms with Crippen molar-refractivity contribution in [3.05, 3.63) is 23.3 Å². The fourth-order valence-electron chi connectivity index (χ4n) is 3.71. The summed E-state index contributed by atoms with van der Waals surface area (Å²) < 4.78 is 17.3. The molecule has 2 fully saturated rings. The van der Waals surface area contributed by atoms with Crippen LogP contribution in [0.25, 0.3) is 0 Å². The molecule has 21 heavy (non-hydrogen) atoms. The number of ether oxygens (including phenoxy) is 3. The summed E-state index contributed by atoms with van der Waals surface area (Å²) in [6, 6.07) is 0. The van der Waals surface area contributed by atoms with Crippen molar-refractivity contribution >= 4 is 5.78 Å². The summed E-state index contributed by atoms with van der Waals surface area (Å²) in [6.45, 7) is 8.73. The van der Waals surface area contributed by atoms with Crippen molar-refractivity contribution in [1.29, 1.82) is 0 Å². The van der Waals surface area contributed by atoms with E-state index < -0.39 is 6.10 Å². The van der Waals surface area contributed by atoms with Crippen molar-refractivity contribution in [2.24, 2.45) is 5.92 Å². The lowest BCUT2D eigenvalue weighted by Crippen LogP contribution is -2.51. The minimum Gasteiger partial charge on any atom is -0.373 e. The van der Waals surface area contributed by atoms with Gasteiger partial charge in [-0.3, -0.25) is 4.79 Å². The highest BCUT2D eigenvalue weighted by Crippen LogP contribution is 2.57. The number of carbonyl (C=O) groups is 1. The lowest BCUT2D eigenvalue weighted by Gasteiger charge is -2.35. The van der Waals surface area contributed by atoms with Gasteiger partial charge in [0.25, 0.3) is 0 Å². The highest BCUT2D eigenvalue weighted by Gasteiger charge is 2.71. The van der Waals surface area contributed by atoms with Crippen molar-refractivity contribution in [3.8, 4) is 0 Å². The Morgan fingerprint density at radius 1 is 1.52 bits per heavy atom. The number of ketones is 1. The molecule has 0 aromatic rings. The highest BCUT2D eigenvalue weighted by atomic mass is 16.6. The third-order valence-electron chi connectivity index (χ3n) is 5.00. The zero-order valence-corrected chi connectivity index (χ0v) is 13.4. The number of methoxy groups -OCH3 is 1. The number of allylic oxidation sites excluding steroid dienone is 1. The van der Waals surface area contributed by atoms with E-state index in [0.717, 1.165) is 12.0 Å². The van der Waals surface area contributed by atoms with Gasteiger partial charge >= 0.3 is 0 Å². The average Bonchev–Trinajstić information content (AvgIpc) is 3.31. The molecule has 0 aromatic carbocycles. The standard InChI is InChI=1S/C17H24O4/c1-10(2)6-7-12-16(4,21-12)15-14(19-5)13(18)11(3)8-17(15)9-20-17/h6,8,12,14-15H,7,9H2,1-5H3/t12-,14-,15-,16+,17+/m1/s1. The maximum atomic E-state index is 12.4. The molecule has 0 radical (unpaired) electrons. The van der Waals surface area contributed by atoms with Crippen LogP contribution in [-0.4, -0.2) is 42.9 Å². The number of Topliss-reactive ketones (excluding diaryl/α,β-unsaturated/α-hetero) is 1. The molecule has 2 heterocycles. The molecule has 1 aliphatic carbocycles. The minimum atomic E-state index is -0.473. The molecule has 0 bridgehead atoms. The molecule has 2 aliphatic heterocycles. The Bertz CT molecular complexity index is 525. The van der Waals surface area contributed by atoms with Crippen LogP contribution in [-0.2, 0) is 19.0 Å². The monoisotopic (exact) mass is 292 g/mol. The van der Waals surface area contributed by atoms with Gasteiger partial charge in [0.1, 0.15) is 17.3 Å². The lowest BCUT2D eigenvalue weighted by atomic mass is 9.70. The SMILES string of the molecule is CO[C@@H]1C(=O)C(C)=C[C@]2(CO2)[C@H]1[C@@]1(C)O[C@@H]1CC=C(C)C. The second-order valence-electron chi connectivity index (χ2n) is 6.88. The summed E-state index contributed by atoms with van der Waals surface area (Å²) in [7, 11) is 1.60. The lowest BCUT2D eigenvalue weighted by molar-refractivity contribution is -0.133. The quantitative estimate of drug-likeness (QED) is 0.590. The van der Waals surface area contributed by atoms with E-state index in [1.54, 1.807) is 7.11 Å². The topological polar surface area (TPSA) is 51.4 Å². The molecule has 0 amide bonds.